The Bertz CT molecular complexity index is 980. The molecule has 0 spiro atoms. The van der Waals surface area contributed by atoms with Crippen LogP contribution < -0.4 is 14.8 Å². The molecule has 2 aromatic carbocycles. The van der Waals surface area contributed by atoms with E-state index in [0.717, 1.165) is 22.4 Å². The molecule has 0 bridgehead atoms. The van der Waals surface area contributed by atoms with Crippen LogP contribution in [0.25, 0.3) is 6.08 Å². The third-order valence-corrected chi connectivity index (χ3v) is 5.20. The van der Waals surface area contributed by atoms with Crippen molar-refractivity contribution in [1.29, 1.82) is 0 Å². The second-order valence-electron chi connectivity index (χ2n) is 7.39. The van der Waals surface area contributed by atoms with Gasteiger partial charge in [-0.3, -0.25) is 4.79 Å². The second-order valence-corrected chi connectivity index (χ2v) is 8.42. The molecule has 5 nitrogen and oxygen atoms in total. The van der Waals surface area contributed by atoms with Crippen LogP contribution in [0.15, 0.2) is 46.3 Å². The van der Waals surface area contributed by atoms with Crippen molar-refractivity contribution in [2.75, 3.05) is 13.7 Å². The molecular weight excluding hydrogens is 384 g/mol. The minimum absolute atomic E-state index is 0.154. The molecular formula is C23H26N2O3S. The molecule has 1 saturated heterocycles. The fraction of sp³-hybridized carbons (Fsp3) is 0.304. The maximum Gasteiger partial charge on any atom is 0.264 e. The van der Waals surface area contributed by atoms with Gasteiger partial charge in [-0.25, -0.2) is 4.99 Å². The zero-order chi connectivity index (χ0) is 21.0. The highest BCUT2D eigenvalue weighted by molar-refractivity contribution is 8.18. The molecule has 0 aromatic heterocycles. The molecule has 0 atom stereocenters. The van der Waals surface area contributed by atoms with Crippen LogP contribution in [0.3, 0.4) is 0 Å². The number of methoxy groups -OCH3 is 1. The van der Waals surface area contributed by atoms with E-state index in [9.17, 15) is 4.79 Å². The standard InChI is InChI=1S/C23H26N2O3S/c1-14(2)13-28-19-9-8-17(11-20(19)27-5)12-21-22(26)25-23(29-21)24-18-10-15(3)6-7-16(18)4/h6-12,14H,13H2,1-5H3,(H,24,25,26)/b21-12+. The van der Waals surface area contributed by atoms with Crippen molar-refractivity contribution in [2.24, 2.45) is 10.9 Å². The first-order valence-electron chi connectivity index (χ1n) is 9.53. The summed E-state index contributed by atoms with van der Waals surface area (Å²) in [4.78, 5) is 17.6. The summed E-state index contributed by atoms with van der Waals surface area (Å²) in [5, 5.41) is 3.42. The van der Waals surface area contributed by atoms with Gasteiger partial charge < -0.3 is 14.8 Å². The van der Waals surface area contributed by atoms with Gasteiger partial charge >= 0.3 is 0 Å². The van der Waals surface area contributed by atoms with Crippen molar-refractivity contribution in [1.82, 2.24) is 5.32 Å². The van der Waals surface area contributed by atoms with E-state index in [1.807, 2.05) is 56.3 Å². The number of aryl methyl sites for hydroxylation is 2. The molecule has 0 saturated carbocycles. The van der Waals surface area contributed by atoms with E-state index < -0.39 is 0 Å². The van der Waals surface area contributed by atoms with Crippen molar-refractivity contribution in [3.8, 4) is 11.5 Å². The molecule has 3 rings (SSSR count). The van der Waals surface area contributed by atoms with E-state index in [1.54, 1.807) is 7.11 Å². The average molecular weight is 411 g/mol. The van der Waals surface area contributed by atoms with Crippen molar-refractivity contribution in [2.45, 2.75) is 27.7 Å². The predicted molar refractivity (Wildman–Crippen MR) is 120 cm³/mol. The number of amidine groups is 1. The molecule has 0 aliphatic carbocycles. The number of amides is 1. The summed E-state index contributed by atoms with van der Waals surface area (Å²) < 4.78 is 11.2. The van der Waals surface area contributed by atoms with Crippen molar-refractivity contribution in [3.63, 3.8) is 0 Å². The van der Waals surface area contributed by atoms with Crippen LogP contribution in [0.5, 0.6) is 11.5 Å². The monoisotopic (exact) mass is 410 g/mol. The summed E-state index contributed by atoms with van der Waals surface area (Å²) in [5.41, 5.74) is 3.93. The van der Waals surface area contributed by atoms with Gasteiger partial charge in [0.1, 0.15) is 0 Å². The van der Waals surface area contributed by atoms with Gasteiger partial charge in [-0.05, 0) is 72.5 Å². The molecule has 152 valence electrons. The summed E-state index contributed by atoms with van der Waals surface area (Å²) in [6, 6.07) is 11.7. The molecule has 1 aliphatic rings. The Morgan fingerprint density at radius 2 is 1.93 bits per heavy atom. The van der Waals surface area contributed by atoms with Crippen LogP contribution in [0.2, 0.25) is 0 Å². The number of carbonyl (C=O) groups is 1. The van der Waals surface area contributed by atoms with Gasteiger partial charge in [-0.2, -0.15) is 0 Å². The van der Waals surface area contributed by atoms with Gasteiger partial charge in [-0.1, -0.05) is 32.0 Å². The molecule has 1 heterocycles. The lowest BCUT2D eigenvalue weighted by Crippen LogP contribution is -2.19. The number of hydrogen-bond acceptors (Lipinski definition) is 5. The molecule has 2 aromatic rings. The summed E-state index contributed by atoms with van der Waals surface area (Å²) >= 11 is 1.33. The van der Waals surface area contributed by atoms with Gasteiger partial charge in [0.05, 0.1) is 24.3 Å². The maximum atomic E-state index is 12.4. The Morgan fingerprint density at radius 1 is 1.14 bits per heavy atom. The summed E-state index contributed by atoms with van der Waals surface area (Å²) in [7, 11) is 1.61. The highest BCUT2D eigenvalue weighted by Gasteiger charge is 2.24. The van der Waals surface area contributed by atoms with Crippen LogP contribution >= 0.6 is 11.8 Å². The number of rotatable bonds is 6. The second kappa shape index (κ2) is 9.18. The Kier molecular flexibility index (Phi) is 6.64. The number of hydrogen-bond donors (Lipinski definition) is 1. The SMILES string of the molecule is COc1cc(/C=C2/SC(=Nc3cc(C)ccc3C)NC2=O)ccc1OCC(C)C. The molecule has 0 radical (unpaired) electrons. The van der Waals surface area contributed by atoms with Crippen molar-refractivity contribution in [3.05, 3.63) is 58.0 Å². The first-order chi connectivity index (χ1) is 13.9. The fourth-order valence-electron chi connectivity index (χ4n) is 2.73. The lowest BCUT2D eigenvalue weighted by Gasteiger charge is -2.12. The molecule has 1 fully saturated rings. The first kappa shape index (κ1) is 21.0. The summed E-state index contributed by atoms with van der Waals surface area (Å²) in [6.45, 7) is 8.84. The Labute approximate surface area is 176 Å². The van der Waals surface area contributed by atoms with E-state index in [4.69, 9.17) is 9.47 Å². The van der Waals surface area contributed by atoms with Crippen LogP contribution in [0.1, 0.15) is 30.5 Å². The zero-order valence-corrected chi connectivity index (χ0v) is 18.2. The topological polar surface area (TPSA) is 59.9 Å². The van der Waals surface area contributed by atoms with Gasteiger partial charge in [0.15, 0.2) is 16.7 Å². The number of ether oxygens (including phenoxy) is 2. The molecule has 0 unspecified atom stereocenters. The van der Waals surface area contributed by atoms with Gasteiger partial charge in [0.2, 0.25) is 0 Å². The Balaban J connectivity index is 1.81. The first-order valence-corrected chi connectivity index (χ1v) is 10.3. The lowest BCUT2D eigenvalue weighted by atomic mass is 10.1. The largest absolute Gasteiger partial charge is 0.493 e. The maximum absolute atomic E-state index is 12.4. The van der Waals surface area contributed by atoms with Crippen LogP contribution in [-0.4, -0.2) is 24.8 Å². The van der Waals surface area contributed by atoms with Crippen LogP contribution in [-0.2, 0) is 4.79 Å². The number of thioether (sulfide) groups is 1. The van der Waals surface area contributed by atoms with Crippen molar-refractivity contribution >= 4 is 34.6 Å². The molecule has 1 amide bonds. The highest BCUT2D eigenvalue weighted by atomic mass is 32.2. The van der Waals surface area contributed by atoms with E-state index in [1.165, 1.54) is 11.8 Å². The normalized spacial score (nSPS) is 16.6. The van der Waals surface area contributed by atoms with Gasteiger partial charge in [0, 0.05) is 0 Å². The Morgan fingerprint density at radius 3 is 2.66 bits per heavy atom. The summed E-state index contributed by atoms with van der Waals surface area (Å²) in [5.74, 6) is 1.62. The Hall–Kier alpha value is -2.73. The quantitative estimate of drug-likeness (QED) is 0.662. The molecule has 6 heteroatoms. The molecule has 1 aliphatic heterocycles. The average Bonchev–Trinajstić information content (AvgIpc) is 3.02. The van der Waals surface area contributed by atoms with E-state index in [0.29, 0.717) is 34.1 Å². The number of benzene rings is 2. The smallest absolute Gasteiger partial charge is 0.264 e. The minimum Gasteiger partial charge on any atom is -0.493 e. The number of nitrogens with one attached hydrogen (secondary N) is 1. The predicted octanol–water partition coefficient (Wildman–Crippen LogP) is 5.24. The van der Waals surface area contributed by atoms with Gasteiger partial charge in [0.25, 0.3) is 5.91 Å². The summed E-state index contributed by atoms with van der Waals surface area (Å²) in [6.07, 6.45) is 1.83. The zero-order valence-electron chi connectivity index (χ0n) is 17.4. The fourth-order valence-corrected chi connectivity index (χ4v) is 3.57. The van der Waals surface area contributed by atoms with Crippen LogP contribution in [0.4, 0.5) is 5.69 Å². The number of aliphatic imine (C=N–C) groups is 1. The third-order valence-electron chi connectivity index (χ3n) is 4.30. The van der Waals surface area contributed by atoms with E-state index in [2.05, 4.69) is 24.2 Å². The highest BCUT2D eigenvalue weighted by Crippen LogP contribution is 2.33. The van der Waals surface area contributed by atoms with Crippen LogP contribution in [0, 0.1) is 19.8 Å². The molecule has 1 N–H and O–H groups in total. The minimum atomic E-state index is -0.154. The lowest BCUT2D eigenvalue weighted by molar-refractivity contribution is -0.115. The number of nitrogens with zero attached hydrogens (tertiary/aromatic N) is 1. The third kappa shape index (κ3) is 5.41. The van der Waals surface area contributed by atoms with E-state index >= 15 is 0 Å². The van der Waals surface area contributed by atoms with Gasteiger partial charge in [-0.15, -0.1) is 0 Å². The molecule has 29 heavy (non-hydrogen) atoms. The van der Waals surface area contributed by atoms with E-state index in [-0.39, 0.29) is 5.91 Å². The van der Waals surface area contributed by atoms with Crippen molar-refractivity contribution < 1.29 is 14.3 Å². The number of carbonyl (C=O) groups excluding carboxylic acids is 1.